The second kappa shape index (κ2) is 11.0. The Balaban J connectivity index is 1.80. The predicted octanol–water partition coefficient (Wildman–Crippen LogP) is 3.10. The van der Waals surface area contributed by atoms with E-state index in [1.165, 1.54) is 0 Å². The molecule has 144 valence electrons. The Bertz CT molecular complexity index is 602. The number of hydrazone groups is 1. The lowest BCUT2D eigenvalue weighted by Gasteiger charge is -2.12. The van der Waals surface area contributed by atoms with Gasteiger partial charge < -0.3 is 19.5 Å². The van der Waals surface area contributed by atoms with Crippen molar-refractivity contribution in [3.63, 3.8) is 0 Å². The quantitative estimate of drug-likeness (QED) is 0.391. The number of nitrogens with one attached hydrogen (secondary N) is 2. The first kappa shape index (κ1) is 20.5. The molecule has 1 aromatic carbocycles. The molecule has 0 bridgehead atoms. The lowest BCUT2D eigenvalue weighted by molar-refractivity contribution is 0.114. The third-order valence-electron chi connectivity index (χ3n) is 4.03. The van der Waals surface area contributed by atoms with Crippen molar-refractivity contribution in [2.75, 3.05) is 26.9 Å². The maximum absolute atomic E-state index is 5.79. The van der Waals surface area contributed by atoms with E-state index in [1.807, 2.05) is 18.2 Å². The lowest BCUT2D eigenvalue weighted by Crippen LogP contribution is -2.37. The Morgan fingerprint density at radius 2 is 2.27 bits per heavy atom. The van der Waals surface area contributed by atoms with Gasteiger partial charge in [-0.1, -0.05) is 13.8 Å². The van der Waals surface area contributed by atoms with Crippen molar-refractivity contribution < 1.29 is 14.2 Å². The van der Waals surface area contributed by atoms with Gasteiger partial charge in [-0.05, 0) is 61.2 Å². The highest BCUT2D eigenvalue weighted by Crippen LogP contribution is 2.27. The van der Waals surface area contributed by atoms with Gasteiger partial charge >= 0.3 is 0 Å². The molecule has 1 heterocycles. The maximum Gasteiger partial charge on any atom is 0.187 e. The molecule has 0 aliphatic carbocycles. The van der Waals surface area contributed by atoms with Crippen LogP contribution in [0.1, 0.15) is 38.7 Å². The fourth-order valence-electron chi connectivity index (χ4n) is 2.51. The van der Waals surface area contributed by atoms with Crippen LogP contribution in [-0.2, 0) is 4.74 Å². The first-order chi connectivity index (χ1) is 12.6. The van der Waals surface area contributed by atoms with E-state index >= 15 is 0 Å². The summed E-state index contributed by atoms with van der Waals surface area (Å²) in [7, 11) is 1.63. The molecular weight excluding hydrogens is 350 g/mol. The zero-order valence-electron chi connectivity index (χ0n) is 15.8. The van der Waals surface area contributed by atoms with E-state index in [2.05, 4.69) is 29.7 Å². The summed E-state index contributed by atoms with van der Waals surface area (Å²) in [5.41, 5.74) is 3.71. The van der Waals surface area contributed by atoms with Crippen LogP contribution in [0.3, 0.4) is 0 Å². The van der Waals surface area contributed by atoms with E-state index in [0.29, 0.717) is 29.9 Å². The Morgan fingerprint density at radius 3 is 2.96 bits per heavy atom. The Morgan fingerprint density at radius 1 is 1.42 bits per heavy atom. The zero-order chi connectivity index (χ0) is 18.8. The number of thiocarbonyl (C=S) groups is 1. The molecule has 6 nitrogen and oxygen atoms in total. The highest BCUT2D eigenvalue weighted by molar-refractivity contribution is 7.80. The second-order valence-electron chi connectivity index (χ2n) is 6.66. The van der Waals surface area contributed by atoms with Crippen molar-refractivity contribution >= 4 is 23.5 Å². The van der Waals surface area contributed by atoms with Crippen LogP contribution in [0.4, 0.5) is 0 Å². The number of hydrogen-bond acceptors (Lipinski definition) is 5. The molecule has 1 aliphatic heterocycles. The molecule has 1 saturated heterocycles. The fourth-order valence-corrected chi connectivity index (χ4v) is 2.64. The molecule has 0 aromatic heterocycles. The molecule has 0 radical (unpaired) electrons. The van der Waals surface area contributed by atoms with Crippen LogP contribution in [0.2, 0.25) is 0 Å². The molecule has 0 unspecified atom stereocenters. The number of rotatable bonds is 9. The van der Waals surface area contributed by atoms with E-state index < -0.39 is 0 Å². The lowest BCUT2D eigenvalue weighted by atomic mass is 10.1. The maximum atomic E-state index is 5.79. The second-order valence-corrected chi connectivity index (χ2v) is 7.06. The van der Waals surface area contributed by atoms with Gasteiger partial charge in [0, 0.05) is 13.2 Å². The van der Waals surface area contributed by atoms with Gasteiger partial charge in [0.1, 0.15) is 0 Å². The molecule has 1 atom stereocenters. The van der Waals surface area contributed by atoms with Gasteiger partial charge in [0.05, 0.1) is 26.0 Å². The Hall–Kier alpha value is -1.86. The van der Waals surface area contributed by atoms with Crippen LogP contribution in [0.5, 0.6) is 11.5 Å². The first-order valence-electron chi connectivity index (χ1n) is 9.08. The summed E-state index contributed by atoms with van der Waals surface area (Å²) in [6, 6.07) is 5.72. The van der Waals surface area contributed by atoms with Crippen molar-refractivity contribution in [1.29, 1.82) is 0 Å². The molecular formula is C19H29N3O3S. The number of methoxy groups -OCH3 is 1. The topological polar surface area (TPSA) is 64.1 Å². The summed E-state index contributed by atoms with van der Waals surface area (Å²) < 4.78 is 16.7. The van der Waals surface area contributed by atoms with Gasteiger partial charge in [-0.3, -0.25) is 5.43 Å². The van der Waals surface area contributed by atoms with E-state index in [0.717, 1.165) is 37.2 Å². The van der Waals surface area contributed by atoms with Crippen LogP contribution in [0, 0.1) is 5.92 Å². The van der Waals surface area contributed by atoms with Gasteiger partial charge in [0.15, 0.2) is 16.6 Å². The highest BCUT2D eigenvalue weighted by atomic mass is 32.1. The van der Waals surface area contributed by atoms with E-state index in [-0.39, 0.29) is 6.10 Å². The van der Waals surface area contributed by atoms with Crippen molar-refractivity contribution in [2.45, 2.75) is 39.2 Å². The van der Waals surface area contributed by atoms with Crippen molar-refractivity contribution in [3.05, 3.63) is 23.8 Å². The van der Waals surface area contributed by atoms with Gasteiger partial charge in [-0.2, -0.15) is 5.10 Å². The molecule has 0 amide bonds. The first-order valence-corrected chi connectivity index (χ1v) is 9.48. The van der Waals surface area contributed by atoms with Gasteiger partial charge in [-0.15, -0.1) is 0 Å². The van der Waals surface area contributed by atoms with Gasteiger partial charge in [0.25, 0.3) is 0 Å². The zero-order valence-corrected chi connectivity index (χ0v) is 16.6. The monoisotopic (exact) mass is 379 g/mol. The molecule has 7 heteroatoms. The summed E-state index contributed by atoms with van der Waals surface area (Å²) in [4.78, 5) is 0. The van der Waals surface area contributed by atoms with Crippen LogP contribution in [-0.4, -0.2) is 44.3 Å². The van der Waals surface area contributed by atoms with Crippen molar-refractivity contribution in [1.82, 2.24) is 10.7 Å². The van der Waals surface area contributed by atoms with Crippen LogP contribution in [0.15, 0.2) is 23.3 Å². The SMILES string of the molecule is COc1cc(/C=N\NC(=S)NC[C@H]2CCCO2)ccc1OCCC(C)C. The average Bonchev–Trinajstić information content (AvgIpc) is 3.14. The minimum Gasteiger partial charge on any atom is -0.493 e. The average molecular weight is 380 g/mol. The van der Waals surface area contributed by atoms with E-state index in [4.69, 9.17) is 26.4 Å². The largest absolute Gasteiger partial charge is 0.493 e. The minimum absolute atomic E-state index is 0.242. The third-order valence-corrected chi connectivity index (χ3v) is 4.27. The normalized spacial score (nSPS) is 16.8. The molecule has 0 saturated carbocycles. The molecule has 1 fully saturated rings. The summed E-state index contributed by atoms with van der Waals surface area (Å²) >= 11 is 5.21. The summed E-state index contributed by atoms with van der Waals surface area (Å²) in [6.07, 6.45) is 5.13. The van der Waals surface area contributed by atoms with Crippen LogP contribution in [0.25, 0.3) is 0 Å². The fraction of sp³-hybridized carbons (Fsp3) is 0.579. The number of benzene rings is 1. The molecule has 1 aliphatic rings. The Kier molecular flexibility index (Phi) is 8.64. The van der Waals surface area contributed by atoms with E-state index in [9.17, 15) is 0 Å². The van der Waals surface area contributed by atoms with E-state index in [1.54, 1.807) is 13.3 Å². The molecule has 1 aromatic rings. The van der Waals surface area contributed by atoms with Crippen molar-refractivity contribution in [3.8, 4) is 11.5 Å². The number of hydrogen-bond donors (Lipinski definition) is 2. The smallest absolute Gasteiger partial charge is 0.187 e. The standard InChI is InChI=1S/C19H29N3O3S/c1-14(2)8-10-25-17-7-6-15(11-18(17)23-3)12-21-22-19(26)20-13-16-5-4-9-24-16/h6-7,11-12,14,16H,4-5,8-10,13H2,1-3H3,(H2,20,22,26)/b21-12-/t16-/m1/s1. The van der Waals surface area contributed by atoms with Crippen LogP contribution >= 0.6 is 12.2 Å². The molecule has 0 spiro atoms. The summed E-state index contributed by atoms with van der Waals surface area (Å²) in [6.45, 7) is 6.56. The number of nitrogens with zero attached hydrogens (tertiary/aromatic N) is 1. The van der Waals surface area contributed by atoms with Crippen molar-refractivity contribution in [2.24, 2.45) is 11.0 Å². The van der Waals surface area contributed by atoms with Gasteiger partial charge in [0.2, 0.25) is 0 Å². The van der Waals surface area contributed by atoms with Gasteiger partial charge in [-0.25, -0.2) is 0 Å². The summed E-state index contributed by atoms with van der Waals surface area (Å²) in [5, 5.41) is 7.76. The summed E-state index contributed by atoms with van der Waals surface area (Å²) in [5.74, 6) is 2.04. The molecule has 2 rings (SSSR count). The van der Waals surface area contributed by atoms with Crippen LogP contribution < -0.4 is 20.2 Å². The minimum atomic E-state index is 0.242. The molecule has 26 heavy (non-hydrogen) atoms. The third kappa shape index (κ3) is 7.17. The Labute approximate surface area is 161 Å². The number of ether oxygens (including phenoxy) is 3. The predicted molar refractivity (Wildman–Crippen MR) is 108 cm³/mol. The molecule has 2 N–H and O–H groups in total. The highest BCUT2D eigenvalue weighted by Gasteiger charge is 2.15.